The van der Waals surface area contributed by atoms with Gasteiger partial charge in [-0.25, -0.2) is 14.4 Å². The summed E-state index contributed by atoms with van der Waals surface area (Å²) in [5.74, 6) is -6.92. The van der Waals surface area contributed by atoms with Crippen LogP contribution in [0.25, 0.3) is 0 Å². The standard InChI is InChI=1S/C32H43NO12/c1-13(2)8-20(35)45-24-26-31-12-42-32(26,29(40)41-7)27(38)22(37)25(31)30(6)11-18(34)23(44-21(36)10-17(33)14(3)4)15(5)16(30)9-19(31)43-28(24)39/h8,14,16-17,19,22,24-27,37-38H,9-12,33H2,1-7H3/t16-,17+,19+,22+,24+,25+,26+,27-,30-,31+,32-/m0/s1. The van der Waals surface area contributed by atoms with Gasteiger partial charge >= 0.3 is 23.9 Å². The fraction of sp³-hybridized carbons (Fsp3) is 0.719. The topological polar surface area (TPSA) is 198 Å². The molecule has 0 aromatic carbocycles. The predicted octanol–water partition coefficient (Wildman–Crippen LogP) is 0.876. The highest BCUT2D eigenvalue weighted by Crippen LogP contribution is 2.72. The third-order valence-electron chi connectivity index (χ3n) is 10.9. The summed E-state index contributed by atoms with van der Waals surface area (Å²) < 4.78 is 28.4. The summed E-state index contributed by atoms with van der Waals surface area (Å²) in [5.41, 5.74) is 2.37. The van der Waals surface area contributed by atoms with Crippen LogP contribution in [-0.2, 0) is 47.7 Å². The molecular weight excluding hydrogens is 590 g/mol. The molecule has 2 saturated heterocycles. The molecule has 3 aliphatic carbocycles. The summed E-state index contributed by atoms with van der Waals surface area (Å²) in [5, 5.41) is 23.6. The number of carbonyl (C=O) groups excluding carboxylic acids is 5. The lowest BCUT2D eigenvalue weighted by Crippen LogP contribution is -2.79. The van der Waals surface area contributed by atoms with Gasteiger partial charge < -0.3 is 39.6 Å². The van der Waals surface area contributed by atoms with Crippen molar-refractivity contribution >= 4 is 29.7 Å². The second-order valence-corrected chi connectivity index (χ2v) is 14.1. The average Bonchev–Trinajstić information content (AvgIpc) is 3.25. The second kappa shape index (κ2) is 11.3. The zero-order chi connectivity index (χ0) is 33.4. The maximum Gasteiger partial charge on any atom is 0.348 e. The molecule has 0 aromatic heterocycles. The van der Waals surface area contributed by atoms with E-state index in [0.29, 0.717) is 11.1 Å². The predicted molar refractivity (Wildman–Crippen MR) is 153 cm³/mol. The third kappa shape index (κ3) is 4.68. The van der Waals surface area contributed by atoms with Crippen molar-refractivity contribution in [2.75, 3.05) is 13.7 Å². The minimum atomic E-state index is -2.26. The Labute approximate surface area is 261 Å². The Morgan fingerprint density at radius 3 is 2.42 bits per heavy atom. The van der Waals surface area contributed by atoms with Crippen LogP contribution < -0.4 is 5.73 Å². The maximum absolute atomic E-state index is 13.7. The molecule has 45 heavy (non-hydrogen) atoms. The highest BCUT2D eigenvalue weighted by Gasteiger charge is 2.85. The van der Waals surface area contributed by atoms with Gasteiger partial charge in [0.2, 0.25) is 11.7 Å². The van der Waals surface area contributed by atoms with Gasteiger partial charge in [-0.3, -0.25) is 9.59 Å². The minimum Gasteiger partial charge on any atom is -0.467 e. The zero-order valence-electron chi connectivity index (χ0n) is 26.7. The molecule has 5 rings (SSSR count). The monoisotopic (exact) mass is 633 g/mol. The van der Waals surface area contributed by atoms with Crippen molar-refractivity contribution in [3.8, 4) is 0 Å². The molecule has 0 radical (unpaired) electrons. The first-order valence-corrected chi connectivity index (χ1v) is 15.3. The van der Waals surface area contributed by atoms with Crippen molar-refractivity contribution in [3.05, 3.63) is 23.0 Å². The number of hydrogen-bond acceptors (Lipinski definition) is 13. The van der Waals surface area contributed by atoms with Crippen LogP contribution in [0.2, 0.25) is 0 Å². The molecule has 11 atom stereocenters. The number of esters is 4. The largest absolute Gasteiger partial charge is 0.467 e. The molecule has 248 valence electrons. The van der Waals surface area contributed by atoms with Crippen molar-refractivity contribution in [1.82, 2.24) is 0 Å². The molecule has 4 N–H and O–H groups in total. The Morgan fingerprint density at radius 1 is 1.16 bits per heavy atom. The lowest BCUT2D eigenvalue weighted by molar-refractivity contribution is -0.290. The Hall–Kier alpha value is -3.13. The van der Waals surface area contributed by atoms with Crippen LogP contribution in [0.4, 0.5) is 0 Å². The van der Waals surface area contributed by atoms with Crippen LogP contribution in [0.15, 0.2) is 23.0 Å². The van der Waals surface area contributed by atoms with Gasteiger partial charge in [-0.1, -0.05) is 26.3 Å². The van der Waals surface area contributed by atoms with Crippen molar-refractivity contribution in [1.29, 1.82) is 0 Å². The molecule has 5 aliphatic rings. The molecule has 2 saturated carbocycles. The number of aliphatic hydroxyl groups excluding tert-OH is 2. The van der Waals surface area contributed by atoms with Gasteiger partial charge in [0.1, 0.15) is 12.2 Å². The average molecular weight is 634 g/mol. The van der Waals surface area contributed by atoms with E-state index in [1.54, 1.807) is 27.7 Å². The Kier molecular flexibility index (Phi) is 8.34. The number of aliphatic hydroxyl groups is 2. The molecule has 13 nitrogen and oxygen atoms in total. The van der Waals surface area contributed by atoms with Gasteiger partial charge in [-0.05, 0) is 50.0 Å². The molecule has 0 unspecified atom stereocenters. The first-order chi connectivity index (χ1) is 21.0. The number of hydrogen-bond donors (Lipinski definition) is 3. The van der Waals surface area contributed by atoms with Crippen LogP contribution in [0.1, 0.15) is 60.8 Å². The zero-order valence-corrected chi connectivity index (χ0v) is 26.7. The van der Waals surface area contributed by atoms with Crippen LogP contribution in [0.3, 0.4) is 0 Å². The summed E-state index contributed by atoms with van der Waals surface area (Å²) >= 11 is 0. The van der Waals surface area contributed by atoms with E-state index in [1.165, 1.54) is 6.08 Å². The molecule has 1 spiro atoms. The highest BCUT2D eigenvalue weighted by molar-refractivity contribution is 5.98. The van der Waals surface area contributed by atoms with Crippen LogP contribution in [-0.4, -0.2) is 89.6 Å². The van der Waals surface area contributed by atoms with Gasteiger partial charge in [0.15, 0.2) is 11.5 Å². The minimum absolute atomic E-state index is 0.0107. The summed E-state index contributed by atoms with van der Waals surface area (Å²) in [6, 6.07) is -0.467. The highest BCUT2D eigenvalue weighted by atomic mass is 16.6. The number of ether oxygens (including phenoxy) is 5. The quantitative estimate of drug-likeness (QED) is 0.203. The molecule has 13 heteroatoms. The lowest BCUT2D eigenvalue weighted by Gasteiger charge is -2.67. The van der Waals surface area contributed by atoms with E-state index in [0.717, 1.165) is 7.11 Å². The van der Waals surface area contributed by atoms with E-state index < -0.39 is 94.3 Å². The normalized spacial score (nSPS) is 40.6. The summed E-state index contributed by atoms with van der Waals surface area (Å²) in [6.07, 6.45) is -5.21. The number of ketones is 1. The smallest absolute Gasteiger partial charge is 0.348 e. The van der Waals surface area contributed by atoms with Crippen LogP contribution >= 0.6 is 0 Å². The molecule has 0 amide bonds. The Morgan fingerprint density at radius 2 is 1.82 bits per heavy atom. The number of allylic oxidation sites excluding steroid dienone is 3. The van der Waals surface area contributed by atoms with Crippen molar-refractivity contribution in [2.24, 2.45) is 40.2 Å². The molecule has 0 aromatic rings. The van der Waals surface area contributed by atoms with E-state index in [-0.39, 0.29) is 37.5 Å². The van der Waals surface area contributed by atoms with Gasteiger partial charge in [0.25, 0.3) is 0 Å². The first-order valence-electron chi connectivity index (χ1n) is 15.3. The van der Waals surface area contributed by atoms with Crippen molar-refractivity contribution < 1.29 is 57.9 Å². The lowest BCUT2D eigenvalue weighted by atomic mass is 9.38. The molecule has 2 bridgehead atoms. The molecule has 2 heterocycles. The van der Waals surface area contributed by atoms with E-state index in [2.05, 4.69) is 0 Å². The summed E-state index contributed by atoms with van der Waals surface area (Å²) in [7, 11) is 1.09. The fourth-order valence-corrected chi connectivity index (χ4v) is 8.96. The van der Waals surface area contributed by atoms with E-state index in [4.69, 9.17) is 29.4 Å². The van der Waals surface area contributed by atoms with Gasteiger partial charge in [-0.2, -0.15) is 0 Å². The number of Topliss-reactive ketones (excluding diaryl/α,β-unsaturated/α-hetero) is 1. The molecule has 4 fully saturated rings. The Balaban J connectivity index is 1.63. The van der Waals surface area contributed by atoms with E-state index in [1.807, 2.05) is 13.8 Å². The number of carbonyl (C=O) groups is 5. The fourth-order valence-electron chi connectivity index (χ4n) is 8.96. The number of methoxy groups -OCH3 is 1. The summed E-state index contributed by atoms with van der Waals surface area (Å²) in [4.78, 5) is 66.5. The third-order valence-corrected chi connectivity index (χ3v) is 10.9. The van der Waals surface area contributed by atoms with E-state index >= 15 is 0 Å². The van der Waals surface area contributed by atoms with Crippen molar-refractivity contribution in [2.45, 2.75) is 96.9 Å². The number of fused-ring (bicyclic) bond motifs is 2. The number of rotatable bonds is 7. The van der Waals surface area contributed by atoms with Gasteiger partial charge in [0, 0.05) is 29.9 Å². The SMILES string of the molecule is COC(=O)[C@@]12OC[C@]34[C@H]([C@@H](O)[C@@H]1O)[C@@]1(C)CC(=O)C(OC(=O)C[C@@H](N)C(C)C)=C(C)[C@@H]1C[C@H]3OC(=O)[C@H](OC(=O)C=C(C)C)[C@@H]24. The maximum atomic E-state index is 13.7. The second-order valence-electron chi connectivity index (χ2n) is 14.1. The molecular formula is C32H43NO12. The first kappa shape index (κ1) is 33.2. The van der Waals surface area contributed by atoms with Gasteiger partial charge in [-0.15, -0.1) is 0 Å². The van der Waals surface area contributed by atoms with Crippen LogP contribution in [0, 0.1) is 34.5 Å². The Bertz CT molecular complexity index is 1380. The number of nitrogens with two attached hydrogens (primary N) is 1. The molecule has 2 aliphatic heterocycles. The summed E-state index contributed by atoms with van der Waals surface area (Å²) in [6.45, 7) is 10.3. The van der Waals surface area contributed by atoms with Crippen LogP contribution in [0.5, 0.6) is 0 Å². The van der Waals surface area contributed by atoms with Gasteiger partial charge in [0.05, 0.1) is 32.2 Å². The van der Waals surface area contributed by atoms with E-state index in [9.17, 15) is 34.2 Å². The van der Waals surface area contributed by atoms with Crippen molar-refractivity contribution in [3.63, 3.8) is 0 Å².